The number of carbonyl (C=O) groups is 2. The number of aliphatic carboxylic acids is 1. The summed E-state index contributed by atoms with van der Waals surface area (Å²) < 4.78 is 10.0. The number of carboxylic acids is 1. The number of urea groups is 1. The molecule has 0 aromatic carbocycles. The van der Waals surface area contributed by atoms with E-state index in [0.29, 0.717) is 26.4 Å². The van der Waals surface area contributed by atoms with Gasteiger partial charge in [-0.3, -0.25) is 0 Å². The van der Waals surface area contributed by atoms with E-state index in [-0.39, 0.29) is 0 Å². The lowest BCUT2D eigenvalue weighted by Crippen LogP contribution is -2.48. The molecule has 0 saturated heterocycles. The molecular formula is C11H22N2O6. The van der Waals surface area contributed by atoms with Crippen LogP contribution in [0.15, 0.2) is 0 Å². The molecule has 0 aliphatic rings. The summed E-state index contributed by atoms with van der Waals surface area (Å²) in [6, 6.07) is -1.89. The molecule has 4 N–H and O–H groups in total. The monoisotopic (exact) mass is 278 g/mol. The van der Waals surface area contributed by atoms with Gasteiger partial charge in [0.25, 0.3) is 0 Å². The molecule has 112 valence electrons. The maximum Gasteiger partial charge on any atom is 0.328 e. The molecule has 2 amide bonds. The summed E-state index contributed by atoms with van der Waals surface area (Å²) in [5, 5.41) is 22.0. The second-order valence-corrected chi connectivity index (χ2v) is 3.79. The smallest absolute Gasteiger partial charge is 0.328 e. The van der Waals surface area contributed by atoms with E-state index in [0.717, 1.165) is 12.8 Å². The second-order valence-electron chi connectivity index (χ2n) is 3.79. The molecule has 0 aliphatic carbocycles. The lowest BCUT2D eigenvalue weighted by molar-refractivity contribution is -0.140. The van der Waals surface area contributed by atoms with E-state index >= 15 is 0 Å². The van der Waals surface area contributed by atoms with Gasteiger partial charge in [0.2, 0.25) is 0 Å². The second kappa shape index (κ2) is 11.7. The Morgan fingerprint density at radius 1 is 1.21 bits per heavy atom. The first kappa shape index (κ1) is 17.6. The quantitative estimate of drug-likeness (QED) is 0.367. The van der Waals surface area contributed by atoms with Crippen LogP contribution in [-0.2, 0) is 14.3 Å². The van der Waals surface area contributed by atoms with Gasteiger partial charge in [-0.15, -0.1) is 0 Å². The number of amides is 2. The summed E-state index contributed by atoms with van der Waals surface area (Å²) in [6.07, 6.45) is 1.50. The number of hydrogen-bond acceptors (Lipinski definition) is 5. The first-order valence-corrected chi connectivity index (χ1v) is 6.06. The Balaban J connectivity index is 3.45. The molecule has 8 heteroatoms. The van der Waals surface area contributed by atoms with Crippen molar-refractivity contribution in [1.82, 2.24) is 10.6 Å². The van der Waals surface area contributed by atoms with Crippen LogP contribution in [0, 0.1) is 0 Å². The van der Waals surface area contributed by atoms with Crippen molar-refractivity contribution < 1.29 is 29.3 Å². The SMILES string of the molecule is COCCOCCCCNC(=O)NC(CO)C(=O)O. The number of hydrogen-bond donors (Lipinski definition) is 4. The van der Waals surface area contributed by atoms with Crippen LogP contribution < -0.4 is 10.6 Å². The molecular weight excluding hydrogens is 256 g/mol. The zero-order valence-electron chi connectivity index (χ0n) is 11.1. The third-order valence-electron chi connectivity index (χ3n) is 2.22. The van der Waals surface area contributed by atoms with Crippen LogP contribution >= 0.6 is 0 Å². The van der Waals surface area contributed by atoms with E-state index in [2.05, 4.69) is 10.6 Å². The first-order valence-electron chi connectivity index (χ1n) is 6.06. The molecule has 0 fully saturated rings. The van der Waals surface area contributed by atoms with Crippen molar-refractivity contribution in [2.45, 2.75) is 18.9 Å². The molecule has 0 spiro atoms. The highest BCUT2D eigenvalue weighted by Crippen LogP contribution is 1.89. The Morgan fingerprint density at radius 3 is 2.53 bits per heavy atom. The van der Waals surface area contributed by atoms with E-state index < -0.39 is 24.6 Å². The van der Waals surface area contributed by atoms with E-state index in [4.69, 9.17) is 19.7 Å². The minimum Gasteiger partial charge on any atom is -0.480 e. The molecule has 0 radical (unpaired) electrons. The summed E-state index contributed by atoms with van der Waals surface area (Å²) in [7, 11) is 1.60. The molecule has 8 nitrogen and oxygen atoms in total. The fourth-order valence-electron chi connectivity index (χ4n) is 1.17. The van der Waals surface area contributed by atoms with Gasteiger partial charge in [-0.1, -0.05) is 0 Å². The van der Waals surface area contributed by atoms with Crippen LogP contribution in [0.5, 0.6) is 0 Å². The molecule has 0 aliphatic heterocycles. The van der Waals surface area contributed by atoms with Gasteiger partial charge in [0.15, 0.2) is 6.04 Å². The Bertz CT molecular complexity index is 262. The van der Waals surface area contributed by atoms with E-state index in [1.54, 1.807) is 7.11 Å². The van der Waals surface area contributed by atoms with Crippen LogP contribution in [0.2, 0.25) is 0 Å². The lowest BCUT2D eigenvalue weighted by atomic mass is 10.3. The number of methoxy groups -OCH3 is 1. The van der Waals surface area contributed by atoms with Gasteiger partial charge in [-0.05, 0) is 12.8 Å². The van der Waals surface area contributed by atoms with Gasteiger partial charge >= 0.3 is 12.0 Å². The Morgan fingerprint density at radius 2 is 1.95 bits per heavy atom. The van der Waals surface area contributed by atoms with Gasteiger partial charge in [0, 0.05) is 20.3 Å². The first-order chi connectivity index (χ1) is 9.11. The molecule has 0 heterocycles. The molecule has 0 aromatic heterocycles. The Hall–Kier alpha value is -1.38. The normalized spacial score (nSPS) is 11.9. The van der Waals surface area contributed by atoms with Crippen LogP contribution in [-0.4, -0.2) is 68.3 Å². The van der Waals surface area contributed by atoms with E-state index in [1.165, 1.54) is 0 Å². The predicted molar refractivity (Wildman–Crippen MR) is 67.0 cm³/mol. The molecule has 1 atom stereocenters. The summed E-state index contributed by atoms with van der Waals surface area (Å²) in [4.78, 5) is 21.8. The minimum atomic E-state index is -1.28. The number of nitrogens with one attached hydrogen (secondary N) is 2. The third kappa shape index (κ3) is 10.2. The minimum absolute atomic E-state index is 0.414. The zero-order valence-corrected chi connectivity index (χ0v) is 11.1. The van der Waals surface area contributed by atoms with Crippen molar-refractivity contribution in [2.24, 2.45) is 0 Å². The summed E-state index contributed by atoms with van der Waals surface area (Å²) in [5.74, 6) is -1.27. The van der Waals surface area contributed by atoms with Gasteiger partial charge in [-0.25, -0.2) is 9.59 Å². The van der Waals surface area contributed by atoms with Crippen molar-refractivity contribution in [2.75, 3.05) is 40.1 Å². The molecule has 1 unspecified atom stereocenters. The number of ether oxygens (including phenoxy) is 2. The lowest BCUT2D eigenvalue weighted by Gasteiger charge is -2.12. The summed E-state index contributed by atoms with van der Waals surface area (Å²) in [6.45, 7) is 1.45. The van der Waals surface area contributed by atoms with Crippen molar-refractivity contribution in [1.29, 1.82) is 0 Å². The van der Waals surface area contributed by atoms with E-state index in [1.807, 2.05) is 0 Å². The summed E-state index contributed by atoms with van der Waals surface area (Å²) >= 11 is 0. The molecule has 0 bridgehead atoms. The van der Waals surface area contributed by atoms with Gasteiger partial charge in [0.05, 0.1) is 19.8 Å². The largest absolute Gasteiger partial charge is 0.480 e. The van der Waals surface area contributed by atoms with Crippen molar-refractivity contribution in [3.63, 3.8) is 0 Å². The maximum absolute atomic E-state index is 11.2. The predicted octanol–water partition coefficient (Wildman–Crippen LogP) is -0.826. The zero-order chi connectivity index (χ0) is 14.5. The highest BCUT2D eigenvalue weighted by Gasteiger charge is 2.17. The van der Waals surface area contributed by atoms with Gasteiger partial charge in [0.1, 0.15) is 0 Å². The van der Waals surface area contributed by atoms with Gasteiger partial charge < -0.3 is 30.3 Å². The van der Waals surface area contributed by atoms with Crippen LogP contribution in [0.3, 0.4) is 0 Å². The van der Waals surface area contributed by atoms with Crippen LogP contribution in [0.4, 0.5) is 4.79 Å². The Labute approximate surface area is 112 Å². The van der Waals surface area contributed by atoms with Crippen molar-refractivity contribution in [3.05, 3.63) is 0 Å². The van der Waals surface area contributed by atoms with Gasteiger partial charge in [-0.2, -0.15) is 0 Å². The number of carboxylic acid groups (broad SMARTS) is 1. The maximum atomic E-state index is 11.2. The Kier molecular flexibility index (Phi) is 10.8. The van der Waals surface area contributed by atoms with E-state index in [9.17, 15) is 9.59 Å². The third-order valence-corrected chi connectivity index (χ3v) is 2.22. The van der Waals surface area contributed by atoms with Crippen LogP contribution in [0.1, 0.15) is 12.8 Å². The fourth-order valence-corrected chi connectivity index (χ4v) is 1.17. The fraction of sp³-hybridized carbons (Fsp3) is 0.818. The molecule has 0 rings (SSSR count). The number of carbonyl (C=O) groups excluding carboxylic acids is 1. The number of unbranched alkanes of at least 4 members (excludes halogenated alkanes) is 1. The van der Waals surface area contributed by atoms with Crippen LogP contribution in [0.25, 0.3) is 0 Å². The molecule has 0 aromatic rings. The average Bonchev–Trinajstić information content (AvgIpc) is 2.38. The highest BCUT2D eigenvalue weighted by molar-refractivity contribution is 5.82. The number of aliphatic hydroxyl groups is 1. The summed E-state index contributed by atoms with van der Waals surface area (Å²) in [5.41, 5.74) is 0. The number of aliphatic hydroxyl groups excluding tert-OH is 1. The number of rotatable bonds is 11. The molecule has 19 heavy (non-hydrogen) atoms. The average molecular weight is 278 g/mol. The topological polar surface area (TPSA) is 117 Å². The highest BCUT2D eigenvalue weighted by atomic mass is 16.5. The van der Waals surface area contributed by atoms with Crippen molar-refractivity contribution >= 4 is 12.0 Å². The van der Waals surface area contributed by atoms with Crippen molar-refractivity contribution in [3.8, 4) is 0 Å². The standard InChI is InChI=1S/C11H22N2O6/c1-18-6-7-19-5-3-2-4-12-11(17)13-9(8-14)10(15)16/h9,14H,2-8H2,1H3,(H,15,16)(H2,12,13,17). The molecule has 0 saturated carbocycles.